The van der Waals surface area contributed by atoms with Crippen molar-refractivity contribution in [3.63, 3.8) is 0 Å². The number of methoxy groups -OCH3 is 1. The smallest absolute Gasteiger partial charge is 0.340 e. The number of hydrogen-bond donors (Lipinski definition) is 1. The van der Waals surface area contributed by atoms with Crippen molar-refractivity contribution in [1.29, 1.82) is 0 Å². The van der Waals surface area contributed by atoms with Gasteiger partial charge >= 0.3 is 5.97 Å². The van der Waals surface area contributed by atoms with Crippen molar-refractivity contribution >= 4 is 17.6 Å². The number of carbonyl (C=O) groups is 2. The summed E-state index contributed by atoms with van der Waals surface area (Å²) in [4.78, 5) is 24.5. The highest BCUT2D eigenvalue weighted by molar-refractivity contribution is 6.05. The summed E-state index contributed by atoms with van der Waals surface area (Å²) in [5.74, 6) is -4.41. The van der Waals surface area contributed by atoms with Crippen LogP contribution in [0.5, 0.6) is 0 Å². The number of nitrogens with one attached hydrogen (secondary N) is 1. The van der Waals surface area contributed by atoms with E-state index in [0.717, 1.165) is 19.6 Å². The van der Waals surface area contributed by atoms with Gasteiger partial charge in [-0.05, 0) is 37.5 Å². The summed E-state index contributed by atoms with van der Waals surface area (Å²) in [7, 11) is 1.06. The molecule has 0 saturated heterocycles. The van der Waals surface area contributed by atoms with Gasteiger partial charge in [0.15, 0.2) is 5.69 Å². The van der Waals surface area contributed by atoms with Crippen LogP contribution in [0.15, 0.2) is 36.4 Å². The van der Waals surface area contributed by atoms with E-state index in [1.54, 1.807) is 18.2 Å². The first-order valence-corrected chi connectivity index (χ1v) is 9.15. The lowest BCUT2D eigenvalue weighted by atomic mass is 10.1. The molecule has 6 nitrogen and oxygen atoms in total. The second-order valence-corrected chi connectivity index (χ2v) is 6.75. The maximum atomic E-state index is 14.3. The van der Waals surface area contributed by atoms with Crippen molar-refractivity contribution in [2.45, 2.75) is 19.3 Å². The third kappa shape index (κ3) is 3.32. The Bertz CT molecular complexity index is 1170. The van der Waals surface area contributed by atoms with Gasteiger partial charge in [-0.2, -0.15) is 5.10 Å². The summed E-state index contributed by atoms with van der Waals surface area (Å²) in [6, 6.07) is 7.40. The minimum atomic E-state index is -1.11. The molecular weight excluding hydrogens is 399 g/mol. The monoisotopic (exact) mass is 415 g/mol. The zero-order chi connectivity index (χ0) is 21.4. The third-order valence-corrected chi connectivity index (χ3v) is 4.94. The number of anilines is 1. The molecule has 0 atom stereocenters. The molecule has 0 unspecified atom stereocenters. The Kier molecular flexibility index (Phi) is 5.03. The molecule has 154 valence electrons. The lowest BCUT2D eigenvalue weighted by Gasteiger charge is -2.09. The molecule has 3 aromatic rings. The third-order valence-electron chi connectivity index (χ3n) is 4.94. The van der Waals surface area contributed by atoms with E-state index in [-0.39, 0.29) is 11.4 Å². The summed E-state index contributed by atoms with van der Waals surface area (Å²) in [5.41, 5.74) is 0.668. The normalized spacial score (nSPS) is 12.5. The Morgan fingerprint density at radius 1 is 1.07 bits per heavy atom. The van der Waals surface area contributed by atoms with Crippen molar-refractivity contribution in [3.05, 3.63) is 76.4 Å². The maximum absolute atomic E-state index is 14.3. The number of rotatable bonds is 4. The minimum absolute atomic E-state index is 0.0223. The molecule has 4 rings (SSSR count). The van der Waals surface area contributed by atoms with Crippen LogP contribution in [0.4, 0.5) is 18.9 Å². The molecule has 1 N–H and O–H groups in total. The standard InChI is InChI=1S/C21H16F3N3O3/c1-30-21(29)12-9-16(15(24)10-14(12)23)25-20(28)19-11-5-4-8-17(11)27(26-19)18-7-3-2-6-13(18)22/h2-3,6-7,9-10H,4-5,8H2,1H3,(H,25,28). The SMILES string of the molecule is COC(=O)c1cc(NC(=O)c2nn(-c3ccccc3F)c3c2CCC3)c(F)cc1F. The average molecular weight is 415 g/mol. The predicted molar refractivity (Wildman–Crippen MR) is 101 cm³/mol. The molecule has 0 fully saturated rings. The molecule has 2 aromatic carbocycles. The van der Waals surface area contributed by atoms with Gasteiger partial charge in [-0.1, -0.05) is 12.1 Å². The van der Waals surface area contributed by atoms with Crippen molar-refractivity contribution in [2.24, 2.45) is 0 Å². The Labute approximate surface area is 169 Å². The fraction of sp³-hybridized carbons (Fsp3) is 0.190. The number of carbonyl (C=O) groups excluding carboxylic acids is 2. The summed E-state index contributed by atoms with van der Waals surface area (Å²) >= 11 is 0. The number of halogens is 3. The maximum Gasteiger partial charge on any atom is 0.340 e. The Hall–Kier alpha value is -3.62. The molecule has 0 bridgehead atoms. The number of amides is 1. The zero-order valence-electron chi connectivity index (χ0n) is 15.8. The van der Waals surface area contributed by atoms with Gasteiger partial charge in [0.1, 0.15) is 23.1 Å². The summed E-state index contributed by atoms with van der Waals surface area (Å²) in [6.07, 6.45) is 1.94. The zero-order valence-corrected chi connectivity index (χ0v) is 15.8. The highest BCUT2D eigenvalue weighted by atomic mass is 19.1. The lowest BCUT2D eigenvalue weighted by Crippen LogP contribution is -2.17. The van der Waals surface area contributed by atoms with Crippen molar-refractivity contribution in [1.82, 2.24) is 9.78 Å². The van der Waals surface area contributed by atoms with Crippen LogP contribution in [-0.2, 0) is 17.6 Å². The molecule has 0 spiro atoms. The van der Waals surface area contributed by atoms with Gasteiger partial charge in [0.05, 0.1) is 18.4 Å². The van der Waals surface area contributed by atoms with Gasteiger partial charge in [0, 0.05) is 17.3 Å². The second kappa shape index (κ2) is 7.66. The van der Waals surface area contributed by atoms with Crippen LogP contribution >= 0.6 is 0 Å². The molecule has 0 aliphatic heterocycles. The van der Waals surface area contributed by atoms with Crippen LogP contribution in [0.3, 0.4) is 0 Å². The van der Waals surface area contributed by atoms with Crippen LogP contribution in [0.2, 0.25) is 0 Å². The molecule has 1 heterocycles. The van der Waals surface area contributed by atoms with Crippen molar-refractivity contribution in [2.75, 3.05) is 12.4 Å². The summed E-state index contributed by atoms with van der Waals surface area (Å²) in [6.45, 7) is 0. The predicted octanol–water partition coefficient (Wildman–Crippen LogP) is 3.82. The number of nitrogens with zero attached hydrogens (tertiary/aromatic N) is 2. The van der Waals surface area contributed by atoms with Crippen LogP contribution < -0.4 is 5.32 Å². The van der Waals surface area contributed by atoms with Crippen LogP contribution in [0.25, 0.3) is 5.69 Å². The van der Waals surface area contributed by atoms with Gasteiger partial charge in [-0.3, -0.25) is 4.79 Å². The average Bonchev–Trinajstić information content (AvgIpc) is 3.33. The topological polar surface area (TPSA) is 73.2 Å². The van der Waals surface area contributed by atoms with E-state index >= 15 is 0 Å². The number of esters is 1. The first-order chi connectivity index (χ1) is 14.4. The molecule has 9 heteroatoms. The number of benzene rings is 2. The first-order valence-electron chi connectivity index (χ1n) is 9.15. The molecule has 1 aliphatic carbocycles. The quantitative estimate of drug-likeness (QED) is 0.658. The number of hydrogen-bond acceptors (Lipinski definition) is 4. The van der Waals surface area contributed by atoms with Crippen LogP contribution in [0, 0.1) is 17.5 Å². The van der Waals surface area contributed by atoms with Crippen molar-refractivity contribution < 1.29 is 27.5 Å². The first kappa shape index (κ1) is 19.7. The molecule has 1 aliphatic rings. The van der Waals surface area contributed by atoms with Gasteiger partial charge in [-0.15, -0.1) is 0 Å². The second-order valence-electron chi connectivity index (χ2n) is 6.75. The Morgan fingerprint density at radius 3 is 2.57 bits per heavy atom. The molecule has 0 radical (unpaired) electrons. The number of ether oxygens (including phenoxy) is 1. The summed E-state index contributed by atoms with van der Waals surface area (Å²) < 4.78 is 48.1. The number of fused-ring (bicyclic) bond motifs is 1. The van der Waals surface area contributed by atoms with Gasteiger partial charge in [0.2, 0.25) is 0 Å². The van der Waals surface area contributed by atoms with Gasteiger partial charge < -0.3 is 10.1 Å². The molecular formula is C21H16F3N3O3. The van der Waals surface area contributed by atoms with E-state index in [4.69, 9.17) is 0 Å². The van der Waals surface area contributed by atoms with E-state index in [2.05, 4.69) is 15.2 Å². The fourth-order valence-corrected chi connectivity index (χ4v) is 3.54. The molecule has 1 aromatic heterocycles. The van der Waals surface area contributed by atoms with Crippen LogP contribution in [0.1, 0.15) is 38.5 Å². The minimum Gasteiger partial charge on any atom is -0.465 e. The number of para-hydroxylation sites is 1. The van der Waals surface area contributed by atoms with Gasteiger partial charge in [-0.25, -0.2) is 22.6 Å². The summed E-state index contributed by atoms with van der Waals surface area (Å²) in [5, 5.41) is 6.58. The Morgan fingerprint density at radius 2 is 1.83 bits per heavy atom. The Balaban J connectivity index is 1.71. The molecule has 0 saturated carbocycles. The van der Waals surface area contributed by atoms with Gasteiger partial charge in [0.25, 0.3) is 5.91 Å². The van der Waals surface area contributed by atoms with E-state index < -0.39 is 40.6 Å². The van der Waals surface area contributed by atoms with E-state index in [1.807, 2.05) is 0 Å². The van der Waals surface area contributed by atoms with E-state index in [1.165, 1.54) is 10.7 Å². The fourth-order valence-electron chi connectivity index (χ4n) is 3.54. The highest BCUT2D eigenvalue weighted by Crippen LogP contribution is 2.29. The van der Waals surface area contributed by atoms with Crippen LogP contribution in [-0.4, -0.2) is 28.8 Å². The number of aromatic nitrogens is 2. The molecule has 30 heavy (non-hydrogen) atoms. The lowest BCUT2D eigenvalue weighted by molar-refractivity contribution is 0.0595. The van der Waals surface area contributed by atoms with E-state index in [0.29, 0.717) is 30.2 Å². The molecule has 1 amide bonds. The van der Waals surface area contributed by atoms with E-state index in [9.17, 15) is 22.8 Å². The largest absolute Gasteiger partial charge is 0.465 e. The highest BCUT2D eigenvalue weighted by Gasteiger charge is 2.28. The van der Waals surface area contributed by atoms with Crippen molar-refractivity contribution in [3.8, 4) is 5.69 Å².